The first kappa shape index (κ1) is 8.51. The lowest BCUT2D eigenvalue weighted by atomic mass is 9.71. The molecule has 0 aliphatic carbocycles. The second-order valence-corrected chi connectivity index (χ2v) is 3.90. The fourth-order valence-corrected chi connectivity index (χ4v) is 1.74. The van der Waals surface area contributed by atoms with Crippen LogP contribution >= 0.6 is 0 Å². The van der Waals surface area contributed by atoms with Crippen LogP contribution in [0, 0.1) is 17.3 Å². The molecule has 0 fully saturated rings. The van der Waals surface area contributed by atoms with Crippen molar-refractivity contribution in [1.29, 1.82) is 0 Å². The highest BCUT2D eigenvalue weighted by molar-refractivity contribution is 5.72. The molecule has 1 nitrogen and oxygen atoms in total. The molecule has 62 valence electrons. The lowest BCUT2D eigenvalue weighted by Crippen LogP contribution is -2.30. The van der Waals surface area contributed by atoms with E-state index in [4.69, 9.17) is 0 Å². The zero-order chi connectivity index (χ0) is 8.48. The molecule has 0 N–H and O–H groups in total. The monoisotopic (exact) mass is 151 g/mol. The number of hydrogen-bond donors (Lipinski definition) is 0. The third kappa shape index (κ3) is 1.24. The van der Waals surface area contributed by atoms with Gasteiger partial charge in [0.2, 0.25) is 0 Å². The topological polar surface area (TPSA) is 12.4 Å². The summed E-state index contributed by atoms with van der Waals surface area (Å²) in [6.07, 6.45) is 6.23. The molecule has 11 heavy (non-hydrogen) atoms. The Morgan fingerprint density at radius 2 is 1.64 bits per heavy atom. The van der Waals surface area contributed by atoms with Gasteiger partial charge in [-0.05, 0) is 11.8 Å². The van der Waals surface area contributed by atoms with Gasteiger partial charge in [0.25, 0.3) is 0 Å². The Morgan fingerprint density at radius 3 is 1.82 bits per heavy atom. The first-order chi connectivity index (χ1) is 5.09. The molecule has 0 unspecified atom stereocenters. The summed E-state index contributed by atoms with van der Waals surface area (Å²) in [5, 5.41) is 0. The minimum atomic E-state index is 0.222. The van der Waals surface area contributed by atoms with Gasteiger partial charge in [-0.15, -0.1) is 0 Å². The molecule has 1 heteroatoms. The van der Waals surface area contributed by atoms with Crippen molar-refractivity contribution in [3.8, 4) is 0 Å². The van der Waals surface area contributed by atoms with E-state index in [9.17, 15) is 0 Å². The highest BCUT2D eigenvalue weighted by Crippen LogP contribution is 2.37. The maximum absolute atomic E-state index is 4.17. The Morgan fingerprint density at radius 1 is 1.09 bits per heavy atom. The van der Waals surface area contributed by atoms with E-state index in [1.54, 1.807) is 0 Å². The van der Waals surface area contributed by atoms with E-state index in [1.807, 2.05) is 6.20 Å². The van der Waals surface area contributed by atoms with Gasteiger partial charge >= 0.3 is 0 Å². The lowest BCUT2D eigenvalue weighted by Gasteiger charge is -2.32. The minimum absolute atomic E-state index is 0.222. The Hall–Kier alpha value is -0.590. The van der Waals surface area contributed by atoms with E-state index in [-0.39, 0.29) is 5.41 Å². The van der Waals surface area contributed by atoms with E-state index in [1.165, 1.54) is 0 Å². The van der Waals surface area contributed by atoms with Gasteiger partial charge in [0.05, 0.1) is 0 Å². The van der Waals surface area contributed by atoms with Gasteiger partial charge < -0.3 is 0 Å². The molecule has 0 aromatic heterocycles. The van der Waals surface area contributed by atoms with E-state index >= 15 is 0 Å². The van der Waals surface area contributed by atoms with Crippen LogP contribution in [-0.2, 0) is 0 Å². The number of nitrogens with zero attached hydrogens (tertiary/aromatic N) is 1. The summed E-state index contributed by atoms with van der Waals surface area (Å²) in [6.45, 7) is 9.01. The Kier molecular flexibility index (Phi) is 2.17. The van der Waals surface area contributed by atoms with Crippen molar-refractivity contribution >= 4 is 6.21 Å². The van der Waals surface area contributed by atoms with Crippen molar-refractivity contribution in [3.63, 3.8) is 0 Å². The second-order valence-electron chi connectivity index (χ2n) is 3.90. The van der Waals surface area contributed by atoms with Crippen LogP contribution in [0.2, 0.25) is 0 Å². The molecule has 1 heterocycles. The van der Waals surface area contributed by atoms with Crippen LogP contribution in [0.4, 0.5) is 0 Å². The van der Waals surface area contributed by atoms with Crippen molar-refractivity contribution in [2.45, 2.75) is 27.7 Å². The quantitative estimate of drug-likeness (QED) is 0.575. The lowest BCUT2D eigenvalue weighted by molar-refractivity contribution is 0.287. The number of allylic oxidation sites excluding steroid dienone is 1. The van der Waals surface area contributed by atoms with Gasteiger partial charge in [-0.3, -0.25) is 4.99 Å². The van der Waals surface area contributed by atoms with E-state index < -0.39 is 0 Å². The van der Waals surface area contributed by atoms with E-state index in [0.29, 0.717) is 11.8 Å². The summed E-state index contributed by atoms with van der Waals surface area (Å²) >= 11 is 0. The summed E-state index contributed by atoms with van der Waals surface area (Å²) in [5.41, 5.74) is 0.222. The molecule has 1 aliphatic rings. The largest absolute Gasteiger partial charge is 0.268 e. The highest BCUT2D eigenvalue weighted by Gasteiger charge is 2.34. The fourth-order valence-electron chi connectivity index (χ4n) is 1.74. The molecule has 0 radical (unpaired) electrons. The fraction of sp³-hybridized carbons (Fsp3) is 0.700. The van der Waals surface area contributed by atoms with Crippen LogP contribution in [-0.4, -0.2) is 6.21 Å². The average molecular weight is 151 g/mol. The number of hydrogen-bond acceptors (Lipinski definition) is 1. The molecule has 0 saturated carbocycles. The summed E-state index contributed by atoms with van der Waals surface area (Å²) in [7, 11) is 0. The van der Waals surface area contributed by atoms with Gasteiger partial charge in [-0.2, -0.15) is 0 Å². The molecule has 0 aromatic rings. The van der Waals surface area contributed by atoms with Crippen LogP contribution < -0.4 is 0 Å². The summed E-state index contributed by atoms with van der Waals surface area (Å²) in [5.74, 6) is 1.29. The van der Waals surface area contributed by atoms with Crippen LogP contribution in [0.5, 0.6) is 0 Å². The van der Waals surface area contributed by atoms with Crippen molar-refractivity contribution in [2.24, 2.45) is 22.2 Å². The van der Waals surface area contributed by atoms with Crippen LogP contribution in [0.3, 0.4) is 0 Å². The molecular weight excluding hydrogens is 134 g/mol. The number of aliphatic imine (C=N–C) groups is 1. The Bertz CT molecular complexity index is 165. The van der Waals surface area contributed by atoms with E-state index in [0.717, 1.165) is 0 Å². The molecule has 0 spiro atoms. The second kappa shape index (κ2) is 2.80. The normalized spacial score (nSPS) is 20.5. The third-order valence-electron chi connectivity index (χ3n) is 2.75. The first-order valence-corrected chi connectivity index (χ1v) is 4.31. The molecule has 0 bridgehead atoms. The van der Waals surface area contributed by atoms with Gasteiger partial charge in [0.15, 0.2) is 0 Å². The van der Waals surface area contributed by atoms with Gasteiger partial charge in [-0.25, -0.2) is 0 Å². The molecule has 0 aromatic carbocycles. The summed E-state index contributed by atoms with van der Waals surface area (Å²) < 4.78 is 0. The highest BCUT2D eigenvalue weighted by atomic mass is 14.7. The summed E-state index contributed by atoms with van der Waals surface area (Å²) in [4.78, 5) is 4.17. The van der Waals surface area contributed by atoms with Crippen molar-refractivity contribution in [1.82, 2.24) is 0 Å². The third-order valence-corrected chi connectivity index (χ3v) is 2.75. The molecule has 1 rings (SSSR count). The van der Waals surface area contributed by atoms with Gasteiger partial charge in [0, 0.05) is 17.8 Å². The van der Waals surface area contributed by atoms with Gasteiger partial charge in [0.1, 0.15) is 0 Å². The van der Waals surface area contributed by atoms with Gasteiger partial charge in [-0.1, -0.05) is 33.8 Å². The predicted octanol–water partition coefficient (Wildman–Crippen LogP) is 2.88. The zero-order valence-corrected chi connectivity index (χ0v) is 7.83. The average Bonchev–Trinajstić information content (AvgIpc) is 2.34. The number of rotatable bonds is 2. The minimum Gasteiger partial charge on any atom is -0.268 e. The molecule has 0 amide bonds. The smallest absolute Gasteiger partial charge is 0.0299 e. The van der Waals surface area contributed by atoms with Crippen molar-refractivity contribution < 1.29 is 0 Å². The predicted molar refractivity (Wildman–Crippen MR) is 49.7 cm³/mol. The first-order valence-electron chi connectivity index (χ1n) is 4.31. The Balaban J connectivity index is 2.90. The van der Waals surface area contributed by atoms with Crippen molar-refractivity contribution in [2.75, 3.05) is 0 Å². The van der Waals surface area contributed by atoms with E-state index in [2.05, 4.69) is 45.0 Å². The van der Waals surface area contributed by atoms with Crippen LogP contribution in [0.15, 0.2) is 17.3 Å². The summed E-state index contributed by atoms with van der Waals surface area (Å²) in [6, 6.07) is 0. The maximum Gasteiger partial charge on any atom is 0.0299 e. The van der Waals surface area contributed by atoms with Crippen molar-refractivity contribution in [3.05, 3.63) is 12.3 Å². The maximum atomic E-state index is 4.17. The Labute approximate surface area is 69.2 Å². The SMILES string of the molecule is CC(C)C1(C(C)C)C=CN=C1. The zero-order valence-electron chi connectivity index (χ0n) is 7.83. The molecule has 0 saturated heterocycles. The van der Waals surface area contributed by atoms with Crippen LogP contribution in [0.1, 0.15) is 27.7 Å². The molecule has 1 aliphatic heterocycles. The van der Waals surface area contributed by atoms with Crippen LogP contribution in [0.25, 0.3) is 0 Å². The molecule has 0 atom stereocenters. The standard InChI is InChI=1S/C10H17N/c1-8(2)10(9(3)4)5-6-11-7-10/h5-9H,1-4H3. The molecular formula is C10H17N.